The monoisotopic (exact) mass is 380 g/mol. The van der Waals surface area contributed by atoms with Crippen molar-refractivity contribution in [2.24, 2.45) is 11.7 Å². The molecule has 1 atom stereocenters. The molecule has 1 unspecified atom stereocenters. The number of halogens is 2. The summed E-state index contributed by atoms with van der Waals surface area (Å²) >= 11 is 8.01. The number of primary amides is 1. The van der Waals surface area contributed by atoms with E-state index < -0.39 is 11.9 Å². The fraction of sp³-hybridized carbons (Fsp3) is 0.333. The Morgan fingerprint density at radius 1 is 1.39 bits per heavy atom. The summed E-state index contributed by atoms with van der Waals surface area (Å²) in [5, 5.41) is 3.11. The third-order valence-electron chi connectivity index (χ3n) is 2.44. The van der Waals surface area contributed by atoms with Crippen molar-refractivity contribution in [3.05, 3.63) is 32.4 Å². The van der Waals surface area contributed by atoms with Gasteiger partial charge in [-0.1, -0.05) is 25.4 Å². The predicted octanol–water partition coefficient (Wildman–Crippen LogP) is 2.18. The predicted molar refractivity (Wildman–Crippen MR) is 79.5 cm³/mol. The van der Waals surface area contributed by atoms with Crippen molar-refractivity contribution in [1.82, 2.24) is 5.32 Å². The number of nitrogens with two attached hydrogens (primary N) is 1. The van der Waals surface area contributed by atoms with Gasteiger partial charge < -0.3 is 11.1 Å². The topological polar surface area (TPSA) is 72.2 Å². The molecule has 0 bridgehead atoms. The van der Waals surface area contributed by atoms with Crippen molar-refractivity contribution in [2.75, 3.05) is 0 Å². The van der Waals surface area contributed by atoms with Crippen LogP contribution >= 0.6 is 34.2 Å². The molecule has 0 aliphatic rings. The van der Waals surface area contributed by atoms with Gasteiger partial charge in [-0.3, -0.25) is 9.59 Å². The lowest BCUT2D eigenvalue weighted by Gasteiger charge is -2.19. The Kier molecular flexibility index (Phi) is 5.40. The lowest BCUT2D eigenvalue weighted by atomic mass is 10.0. The molecule has 0 saturated heterocycles. The van der Waals surface area contributed by atoms with E-state index in [-0.39, 0.29) is 11.8 Å². The third-order valence-corrected chi connectivity index (χ3v) is 4.01. The van der Waals surface area contributed by atoms with E-state index in [1.807, 2.05) is 13.8 Å². The van der Waals surface area contributed by atoms with Crippen LogP contribution in [0.5, 0.6) is 0 Å². The molecule has 4 nitrogen and oxygen atoms in total. The van der Waals surface area contributed by atoms with E-state index in [4.69, 9.17) is 17.3 Å². The van der Waals surface area contributed by atoms with E-state index in [1.54, 1.807) is 18.2 Å². The molecule has 1 aromatic carbocycles. The summed E-state index contributed by atoms with van der Waals surface area (Å²) in [6.45, 7) is 3.63. The summed E-state index contributed by atoms with van der Waals surface area (Å²) in [6, 6.07) is 4.28. The van der Waals surface area contributed by atoms with Gasteiger partial charge in [0.2, 0.25) is 5.91 Å². The molecule has 6 heteroatoms. The molecule has 0 fully saturated rings. The van der Waals surface area contributed by atoms with Crippen LogP contribution in [-0.2, 0) is 4.79 Å². The lowest BCUT2D eigenvalue weighted by molar-refractivity contribution is -0.120. The van der Waals surface area contributed by atoms with Crippen LogP contribution in [0.4, 0.5) is 0 Å². The molecule has 98 valence electrons. The first-order chi connectivity index (χ1) is 8.32. The van der Waals surface area contributed by atoms with Gasteiger partial charge >= 0.3 is 0 Å². The van der Waals surface area contributed by atoms with Gasteiger partial charge in [-0.25, -0.2) is 0 Å². The first kappa shape index (κ1) is 15.2. The minimum Gasteiger partial charge on any atom is -0.368 e. The molecule has 1 rings (SSSR count). The van der Waals surface area contributed by atoms with Crippen LogP contribution < -0.4 is 11.1 Å². The van der Waals surface area contributed by atoms with Crippen LogP contribution in [0.3, 0.4) is 0 Å². The van der Waals surface area contributed by atoms with Gasteiger partial charge in [0, 0.05) is 9.13 Å². The first-order valence-electron chi connectivity index (χ1n) is 5.38. The van der Waals surface area contributed by atoms with E-state index in [0.29, 0.717) is 10.6 Å². The highest BCUT2D eigenvalue weighted by molar-refractivity contribution is 14.1. The molecular formula is C12H14ClIN2O2. The first-order valence-corrected chi connectivity index (χ1v) is 6.84. The summed E-state index contributed by atoms with van der Waals surface area (Å²) in [6.07, 6.45) is 0. The smallest absolute Gasteiger partial charge is 0.251 e. The lowest BCUT2D eigenvalue weighted by Crippen LogP contribution is -2.47. The molecule has 3 N–H and O–H groups in total. The highest BCUT2D eigenvalue weighted by Crippen LogP contribution is 2.19. The highest BCUT2D eigenvalue weighted by Gasteiger charge is 2.22. The van der Waals surface area contributed by atoms with Crippen LogP contribution in [0.1, 0.15) is 24.2 Å². The average molecular weight is 381 g/mol. The zero-order valence-corrected chi connectivity index (χ0v) is 12.9. The minimum atomic E-state index is -0.685. The molecule has 18 heavy (non-hydrogen) atoms. The average Bonchev–Trinajstić information content (AvgIpc) is 2.28. The number of nitrogens with one attached hydrogen (secondary N) is 1. The SMILES string of the molecule is CC(C)C(NC(=O)c1ccc(I)c(Cl)c1)C(N)=O. The highest BCUT2D eigenvalue weighted by atomic mass is 127. The number of hydrogen-bond donors (Lipinski definition) is 2. The molecule has 0 heterocycles. The van der Waals surface area contributed by atoms with E-state index >= 15 is 0 Å². The quantitative estimate of drug-likeness (QED) is 0.786. The molecular weight excluding hydrogens is 367 g/mol. The van der Waals surface area contributed by atoms with Crippen molar-refractivity contribution in [2.45, 2.75) is 19.9 Å². The number of benzene rings is 1. The standard InChI is InChI=1S/C12H14ClIN2O2/c1-6(2)10(11(15)17)16-12(18)7-3-4-9(14)8(13)5-7/h3-6,10H,1-2H3,(H2,15,17)(H,16,18). The summed E-state index contributed by atoms with van der Waals surface area (Å²) in [5.74, 6) is -0.966. The molecule has 0 radical (unpaired) electrons. The molecule has 0 saturated carbocycles. The van der Waals surface area contributed by atoms with Gasteiger partial charge in [0.25, 0.3) is 5.91 Å². The molecule has 0 spiro atoms. The Morgan fingerprint density at radius 3 is 2.44 bits per heavy atom. The van der Waals surface area contributed by atoms with Crippen LogP contribution in [0.25, 0.3) is 0 Å². The van der Waals surface area contributed by atoms with Crippen LogP contribution in [0.15, 0.2) is 18.2 Å². The van der Waals surface area contributed by atoms with Gasteiger partial charge in [0.15, 0.2) is 0 Å². The van der Waals surface area contributed by atoms with Gasteiger partial charge in [-0.05, 0) is 46.7 Å². The van der Waals surface area contributed by atoms with Crippen molar-refractivity contribution in [3.63, 3.8) is 0 Å². The molecule has 0 aliphatic carbocycles. The van der Waals surface area contributed by atoms with E-state index in [0.717, 1.165) is 3.57 Å². The second-order valence-electron chi connectivity index (χ2n) is 4.23. The summed E-state index contributed by atoms with van der Waals surface area (Å²) in [5.41, 5.74) is 5.65. The zero-order valence-electron chi connectivity index (χ0n) is 10.0. The number of carbonyl (C=O) groups is 2. The van der Waals surface area contributed by atoms with Crippen LogP contribution in [0.2, 0.25) is 5.02 Å². The Hall–Kier alpha value is -0.820. The molecule has 0 aromatic heterocycles. The van der Waals surface area contributed by atoms with E-state index in [9.17, 15) is 9.59 Å². The largest absolute Gasteiger partial charge is 0.368 e. The van der Waals surface area contributed by atoms with Crippen molar-refractivity contribution in [1.29, 1.82) is 0 Å². The Balaban J connectivity index is 2.87. The number of hydrogen-bond acceptors (Lipinski definition) is 2. The second-order valence-corrected chi connectivity index (χ2v) is 5.80. The third kappa shape index (κ3) is 3.84. The van der Waals surface area contributed by atoms with Gasteiger partial charge in [0.05, 0.1) is 5.02 Å². The molecule has 1 aromatic rings. The van der Waals surface area contributed by atoms with Gasteiger partial charge in [0.1, 0.15) is 6.04 Å². The van der Waals surface area contributed by atoms with Crippen molar-refractivity contribution < 1.29 is 9.59 Å². The fourth-order valence-corrected chi connectivity index (χ4v) is 1.94. The van der Waals surface area contributed by atoms with Crippen LogP contribution in [0, 0.1) is 9.49 Å². The Labute approximate surface area is 124 Å². The van der Waals surface area contributed by atoms with E-state index in [1.165, 1.54) is 0 Å². The Bertz CT molecular complexity index is 477. The van der Waals surface area contributed by atoms with Gasteiger partial charge in [-0.2, -0.15) is 0 Å². The number of carbonyl (C=O) groups excluding carboxylic acids is 2. The second kappa shape index (κ2) is 6.38. The van der Waals surface area contributed by atoms with E-state index in [2.05, 4.69) is 27.9 Å². The summed E-state index contributed by atoms with van der Waals surface area (Å²) in [4.78, 5) is 23.2. The van der Waals surface area contributed by atoms with Crippen LogP contribution in [-0.4, -0.2) is 17.9 Å². The Morgan fingerprint density at radius 2 is 2.00 bits per heavy atom. The summed E-state index contributed by atoms with van der Waals surface area (Å²) in [7, 11) is 0. The molecule has 2 amide bonds. The summed E-state index contributed by atoms with van der Waals surface area (Å²) < 4.78 is 0.862. The maximum Gasteiger partial charge on any atom is 0.251 e. The fourth-order valence-electron chi connectivity index (χ4n) is 1.43. The minimum absolute atomic E-state index is 0.0641. The maximum absolute atomic E-state index is 11.9. The number of rotatable bonds is 4. The van der Waals surface area contributed by atoms with Gasteiger partial charge in [-0.15, -0.1) is 0 Å². The normalized spacial score (nSPS) is 12.3. The molecule has 0 aliphatic heterocycles. The van der Waals surface area contributed by atoms with Crippen molar-refractivity contribution >= 4 is 46.0 Å². The maximum atomic E-state index is 11.9. The zero-order chi connectivity index (χ0) is 13.9. The van der Waals surface area contributed by atoms with Crippen molar-refractivity contribution in [3.8, 4) is 0 Å². The number of amides is 2.